The van der Waals surface area contributed by atoms with Crippen LogP contribution in [-0.2, 0) is 9.59 Å². The third-order valence-corrected chi connectivity index (χ3v) is 3.77. The Morgan fingerprint density at radius 3 is 2.25 bits per heavy atom. The molecule has 0 bridgehead atoms. The van der Waals surface area contributed by atoms with Gasteiger partial charge in [0.1, 0.15) is 6.04 Å². The van der Waals surface area contributed by atoms with Crippen LogP contribution < -0.4 is 11.1 Å². The average Bonchev–Trinajstić information content (AvgIpc) is 2.37. The number of likely N-dealkylation sites (tertiary alicyclic amines) is 1. The highest BCUT2D eigenvalue weighted by molar-refractivity contribution is 5.87. The van der Waals surface area contributed by atoms with E-state index in [1.54, 1.807) is 4.90 Å². The molecule has 0 saturated carbocycles. The summed E-state index contributed by atoms with van der Waals surface area (Å²) in [4.78, 5) is 35.3. The molecule has 0 aromatic heterocycles. The van der Waals surface area contributed by atoms with Crippen LogP contribution in [0.2, 0.25) is 0 Å². The molecule has 1 atom stereocenters. The van der Waals surface area contributed by atoms with Gasteiger partial charge in [0.05, 0.1) is 6.42 Å². The van der Waals surface area contributed by atoms with Crippen molar-refractivity contribution in [3.05, 3.63) is 0 Å². The van der Waals surface area contributed by atoms with Gasteiger partial charge in [-0.2, -0.15) is 0 Å². The Bertz CT molecular complexity index is 376. The first-order chi connectivity index (χ1) is 9.31. The van der Waals surface area contributed by atoms with Gasteiger partial charge in [-0.15, -0.1) is 0 Å². The largest absolute Gasteiger partial charge is 0.480 e. The van der Waals surface area contributed by atoms with Crippen molar-refractivity contribution in [3.8, 4) is 0 Å². The highest BCUT2D eigenvalue weighted by atomic mass is 16.4. The van der Waals surface area contributed by atoms with Gasteiger partial charge in [-0.3, -0.25) is 4.79 Å². The van der Waals surface area contributed by atoms with Crippen LogP contribution in [0, 0.1) is 11.8 Å². The molecular weight excluding hydrogens is 262 g/mol. The number of nitrogens with one attached hydrogen (secondary N) is 1. The summed E-state index contributed by atoms with van der Waals surface area (Å²) in [7, 11) is 0. The zero-order valence-electron chi connectivity index (χ0n) is 12.0. The molecule has 0 aliphatic carbocycles. The Labute approximate surface area is 118 Å². The normalized spacial score (nSPS) is 17.9. The number of carboxylic acid groups (broad SMARTS) is 1. The molecule has 4 N–H and O–H groups in total. The van der Waals surface area contributed by atoms with Gasteiger partial charge in [0.25, 0.3) is 0 Å². The predicted octanol–water partition coefficient (Wildman–Crippen LogP) is 0.393. The summed E-state index contributed by atoms with van der Waals surface area (Å²) in [6.45, 7) is 5.54. The monoisotopic (exact) mass is 285 g/mol. The standard InChI is InChI=1S/C13H23N3O4/c1-8(2)9-3-5-16(6-4-9)13(20)15-10(12(18)19)7-11(14)17/h8-10H,3-7H2,1-2H3,(H2,14,17)(H,15,20)(H,18,19)/t10-/m1/s1. The number of carbonyl (C=O) groups is 3. The maximum atomic E-state index is 12.0. The van der Waals surface area contributed by atoms with Crippen molar-refractivity contribution < 1.29 is 19.5 Å². The zero-order valence-corrected chi connectivity index (χ0v) is 12.0. The minimum absolute atomic E-state index is 0.399. The number of rotatable bonds is 5. The van der Waals surface area contributed by atoms with Crippen LogP contribution in [0.25, 0.3) is 0 Å². The van der Waals surface area contributed by atoms with E-state index in [2.05, 4.69) is 19.2 Å². The van der Waals surface area contributed by atoms with Gasteiger partial charge in [0, 0.05) is 13.1 Å². The van der Waals surface area contributed by atoms with Gasteiger partial charge in [-0.1, -0.05) is 13.8 Å². The molecule has 1 saturated heterocycles. The highest BCUT2D eigenvalue weighted by Crippen LogP contribution is 2.24. The van der Waals surface area contributed by atoms with Crippen LogP contribution in [0.3, 0.4) is 0 Å². The summed E-state index contributed by atoms with van der Waals surface area (Å²) in [5, 5.41) is 11.3. The summed E-state index contributed by atoms with van der Waals surface area (Å²) in [6.07, 6.45) is 1.43. The lowest BCUT2D eigenvalue weighted by Crippen LogP contribution is -2.51. The van der Waals surface area contributed by atoms with Gasteiger partial charge in [0.2, 0.25) is 5.91 Å². The Hall–Kier alpha value is -1.79. The van der Waals surface area contributed by atoms with Crippen molar-refractivity contribution in [3.63, 3.8) is 0 Å². The molecule has 0 aromatic rings. The molecule has 0 spiro atoms. The lowest BCUT2D eigenvalue weighted by Gasteiger charge is -2.34. The smallest absolute Gasteiger partial charge is 0.326 e. The van der Waals surface area contributed by atoms with Crippen LogP contribution in [0.1, 0.15) is 33.1 Å². The second-order valence-corrected chi connectivity index (χ2v) is 5.58. The number of nitrogens with two attached hydrogens (primary N) is 1. The fourth-order valence-electron chi connectivity index (χ4n) is 2.41. The number of nitrogens with zero attached hydrogens (tertiary/aromatic N) is 1. The van der Waals surface area contributed by atoms with Crippen LogP contribution in [0.4, 0.5) is 4.79 Å². The number of hydrogen-bond donors (Lipinski definition) is 3. The van der Waals surface area contributed by atoms with Crippen molar-refractivity contribution in [1.82, 2.24) is 10.2 Å². The molecule has 1 fully saturated rings. The van der Waals surface area contributed by atoms with E-state index in [0.717, 1.165) is 12.8 Å². The van der Waals surface area contributed by atoms with Crippen molar-refractivity contribution in [2.75, 3.05) is 13.1 Å². The molecule has 0 radical (unpaired) electrons. The third kappa shape index (κ3) is 4.71. The lowest BCUT2D eigenvalue weighted by atomic mass is 9.87. The number of amides is 3. The molecule has 0 unspecified atom stereocenters. The Kier molecular flexibility index (Phi) is 5.79. The van der Waals surface area contributed by atoms with Crippen LogP contribution >= 0.6 is 0 Å². The molecule has 7 heteroatoms. The minimum Gasteiger partial charge on any atom is -0.480 e. The van der Waals surface area contributed by atoms with E-state index in [1.807, 2.05) is 0 Å². The number of urea groups is 1. The number of primary amides is 1. The van der Waals surface area contributed by atoms with E-state index in [-0.39, 0.29) is 0 Å². The first-order valence-corrected chi connectivity index (χ1v) is 6.87. The minimum atomic E-state index is -1.26. The SMILES string of the molecule is CC(C)C1CCN(C(=O)N[C@H](CC(N)=O)C(=O)O)CC1. The van der Waals surface area contributed by atoms with Crippen molar-refractivity contribution in [2.45, 2.75) is 39.2 Å². The van der Waals surface area contributed by atoms with E-state index in [1.165, 1.54) is 0 Å². The quantitative estimate of drug-likeness (QED) is 0.678. The first-order valence-electron chi connectivity index (χ1n) is 6.87. The van der Waals surface area contributed by atoms with Crippen molar-refractivity contribution >= 4 is 17.9 Å². The molecule has 1 aliphatic heterocycles. The number of aliphatic carboxylic acids is 1. The van der Waals surface area contributed by atoms with Gasteiger partial charge in [-0.25, -0.2) is 9.59 Å². The molecular formula is C13H23N3O4. The van der Waals surface area contributed by atoms with Crippen LogP contribution in [-0.4, -0.2) is 47.0 Å². The average molecular weight is 285 g/mol. The molecule has 7 nitrogen and oxygen atoms in total. The zero-order chi connectivity index (χ0) is 15.3. The Balaban J connectivity index is 2.50. The number of carboxylic acids is 1. The Morgan fingerprint density at radius 2 is 1.85 bits per heavy atom. The fraction of sp³-hybridized carbons (Fsp3) is 0.769. The van der Waals surface area contributed by atoms with Gasteiger partial charge >= 0.3 is 12.0 Å². The Morgan fingerprint density at radius 1 is 1.30 bits per heavy atom. The first kappa shape index (κ1) is 16.3. The summed E-state index contributed by atoms with van der Waals surface area (Å²) in [5.74, 6) is -0.827. The topological polar surface area (TPSA) is 113 Å². The number of piperidine rings is 1. The van der Waals surface area contributed by atoms with Crippen molar-refractivity contribution in [2.24, 2.45) is 17.6 Å². The second kappa shape index (κ2) is 7.12. The predicted molar refractivity (Wildman–Crippen MR) is 72.9 cm³/mol. The maximum absolute atomic E-state index is 12.0. The maximum Gasteiger partial charge on any atom is 0.326 e. The molecule has 1 aliphatic rings. The second-order valence-electron chi connectivity index (χ2n) is 5.58. The van der Waals surface area contributed by atoms with E-state index >= 15 is 0 Å². The fourth-order valence-corrected chi connectivity index (χ4v) is 2.41. The lowest BCUT2D eigenvalue weighted by molar-refractivity contribution is -0.141. The van der Waals surface area contributed by atoms with E-state index < -0.39 is 30.4 Å². The summed E-state index contributed by atoms with van der Waals surface area (Å²) in [6, 6.07) is -1.70. The van der Waals surface area contributed by atoms with Gasteiger partial charge in [-0.05, 0) is 24.7 Å². The molecule has 1 rings (SSSR count). The number of hydrogen-bond acceptors (Lipinski definition) is 3. The van der Waals surface area contributed by atoms with Crippen molar-refractivity contribution in [1.29, 1.82) is 0 Å². The molecule has 1 heterocycles. The van der Waals surface area contributed by atoms with Gasteiger partial charge < -0.3 is 21.1 Å². The molecule has 3 amide bonds. The third-order valence-electron chi connectivity index (χ3n) is 3.77. The van der Waals surface area contributed by atoms with E-state index in [4.69, 9.17) is 10.8 Å². The van der Waals surface area contributed by atoms with Crippen LogP contribution in [0.15, 0.2) is 0 Å². The molecule has 114 valence electrons. The van der Waals surface area contributed by atoms with E-state index in [0.29, 0.717) is 24.9 Å². The van der Waals surface area contributed by atoms with Crippen LogP contribution in [0.5, 0.6) is 0 Å². The van der Waals surface area contributed by atoms with E-state index in [9.17, 15) is 14.4 Å². The molecule has 20 heavy (non-hydrogen) atoms. The summed E-state index contributed by atoms with van der Waals surface area (Å²) < 4.78 is 0. The van der Waals surface area contributed by atoms with Gasteiger partial charge in [0.15, 0.2) is 0 Å². The summed E-state index contributed by atoms with van der Waals surface area (Å²) >= 11 is 0. The summed E-state index contributed by atoms with van der Waals surface area (Å²) in [5.41, 5.74) is 4.97. The highest BCUT2D eigenvalue weighted by Gasteiger charge is 2.28. The number of carbonyl (C=O) groups excluding carboxylic acids is 2. The molecule has 0 aromatic carbocycles.